The van der Waals surface area contributed by atoms with E-state index in [0.717, 1.165) is 24.3 Å². The van der Waals surface area contributed by atoms with Crippen molar-refractivity contribution in [2.45, 2.75) is 58.6 Å². The van der Waals surface area contributed by atoms with Crippen molar-refractivity contribution in [2.24, 2.45) is 23.7 Å². The maximum atomic E-state index is 5.68. The maximum absolute atomic E-state index is 5.68. The van der Waals surface area contributed by atoms with Gasteiger partial charge in [0, 0.05) is 26.2 Å². The highest BCUT2D eigenvalue weighted by Crippen LogP contribution is 2.35. The zero-order chi connectivity index (χ0) is 15.4. The molecule has 3 nitrogen and oxygen atoms in total. The Bertz CT molecular complexity index is 308. The molecule has 3 heteroatoms. The Hall–Kier alpha value is -0.120. The highest BCUT2D eigenvalue weighted by Gasteiger charge is 2.34. The zero-order valence-electron chi connectivity index (χ0n) is 14.8. The molecule has 0 aromatic heterocycles. The van der Waals surface area contributed by atoms with Crippen LogP contribution in [-0.2, 0) is 4.74 Å². The molecule has 2 fully saturated rings. The Morgan fingerprint density at radius 3 is 2.62 bits per heavy atom. The highest BCUT2D eigenvalue weighted by atomic mass is 16.5. The number of likely N-dealkylation sites (tertiary alicyclic amines) is 1. The van der Waals surface area contributed by atoms with Crippen LogP contribution >= 0.6 is 0 Å². The summed E-state index contributed by atoms with van der Waals surface area (Å²) in [7, 11) is 4.01. The maximum Gasteiger partial charge on any atom is 0.0724 e. The van der Waals surface area contributed by atoms with Gasteiger partial charge < -0.3 is 15.0 Å². The Kier molecular flexibility index (Phi) is 6.51. The first-order valence-electron chi connectivity index (χ1n) is 8.97. The summed E-state index contributed by atoms with van der Waals surface area (Å²) >= 11 is 0. The number of nitrogens with one attached hydrogen (secondary N) is 1. The van der Waals surface area contributed by atoms with E-state index in [1.54, 1.807) is 0 Å². The molecule has 2 rings (SSSR count). The van der Waals surface area contributed by atoms with E-state index in [1.807, 2.05) is 7.11 Å². The second-order valence-electron chi connectivity index (χ2n) is 7.77. The van der Waals surface area contributed by atoms with Crippen LogP contribution in [0.5, 0.6) is 0 Å². The Morgan fingerprint density at radius 1 is 1.24 bits per heavy atom. The molecule has 2 aliphatic rings. The van der Waals surface area contributed by atoms with Gasteiger partial charge in [-0.3, -0.25) is 0 Å². The van der Waals surface area contributed by atoms with Crippen LogP contribution in [0.4, 0.5) is 0 Å². The third-order valence-electron chi connectivity index (χ3n) is 6.11. The van der Waals surface area contributed by atoms with Crippen molar-refractivity contribution in [1.82, 2.24) is 10.2 Å². The van der Waals surface area contributed by atoms with Crippen LogP contribution in [0.25, 0.3) is 0 Å². The van der Waals surface area contributed by atoms with Crippen molar-refractivity contribution < 1.29 is 4.74 Å². The molecule has 1 heterocycles. The van der Waals surface area contributed by atoms with Crippen LogP contribution in [0, 0.1) is 23.7 Å². The van der Waals surface area contributed by atoms with Gasteiger partial charge in [-0.1, -0.05) is 20.8 Å². The molecular weight excluding hydrogens is 260 g/mol. The Morgan fingerprint density at radius 2 is 2.00 bits per heavy atom. The van der Waals surface area contributed by atoms with Crippen LogP contribution in [0.15, 0.2) is 0 Å². The van der Waals surface area contributed by atoms with Crippen molar-refractivity contribution in [3.05, 3.63) is 0 Å². The minimum Gasteiger partial charge on any atom is -0.380 e. The van der Waals surface area contributed by atoms with Gasteiger partial charge in [0.05, 0.1) is 6.10 Å². The van der Waals surface area contributed by atoms with Gasteiger partial charge in [0.2, 0.25) is 0 Å². The van der Waals surface area contributed by atoms with Gasteiger partial charge in [0.1, 0.15) is 0 Å². The summed E-state index contributed by atoms with van der Waals surface area (Å²) < 4.78 is 5.68. The van der Waals surface area contributed by atoms with Gasteiger partial charge in [0.15, 0.2) is 0 Å². The van der Waals surface area contributed by atoms with E-state index in [0.29, 0.717) is 18.1 Å². The normalized spacial score (nSPS) is 38.9. The lowest BCUT2D eigenvalue weighted by Gasteiger charge is -2.43. The summed E-state index contributed by atoms with van der Waals surface area (Å²) in [6, 6.07) is 0.709. The first-order chi connectivity index (χ1) is 10.0. The molecule has 1 aliphatic carbocycles. The second-order valence-corrected chi connectivity index (χ2v) is 7.77. The molecule has 1 aliphatic heterocycles. The quantitative estimate of drug-likeness (QED) is 0.844. The lowest BCUT2D eigenvalue weighted by Crippen LogP contribution is -2.50. The monoisotopic (exact) mass is 296 g/mol. The predicted molar refractivity (Wildman–Crippen MR) is 89.5 cm³/mol. The van der Waals surface area contributed by atoms with Crippen molar-refractivity contribution in [3.8, 4) is 0 Å². The van der Waals surface area contributed by atoms with Crippen LogP contribution < -0.4 is 5.32 Å². The number of ether oxygens (including phenoxy) is 1. The van der Waals surface area contributed by atoms with Crippen LogP contribution in [0.2, 0.25) is 0 Å². The number of hydrogen-bond donors (Lipinski definition) is 1. The fourth-order valence-corrected chi connectivity index (χ4v) is 4.39. The van der Waals surface area contributed by atoms with E-state index < -0.39 is 0 Å². The molecule has 1 N–H and O–H groups in total. The van der Waals surface area contributed by atoms with Crippen molar-refractivity contribution >= 4 is 0 Å². The van der Waals surface area contributed by atoms with E-state index in [4.69, 9.17) is 4.74 Å². The Labute approximate surface area is 131 Å². The predicted octanol–water partition coefficient (Wildman–Crippen LogP) is 3.00. The molecule has 1 saturated heterocycles. The van der Waals surface area contributed by atoms with E-state index >= 15 is 0 Å². The molecular formula is C18H36N2O. The van der Waals surface area contributed by atoms with Crippen LogP contribution in [-0.4, -0.2) is 50.8 Å². The lowest BCUT2D eigenvalue weighted by molar-refractivity contribution is -0.0147. The number of nitrogens with zero attached hydrogens (tertiary/aromatic N) is 1. The Balaban J connectivity index is 1.92. The minimum absolute atomic E-state index is 0.427. The SMILES string of the molecule is CNC1CCC(C(C)C)CC1CN1CCC(C)C(OC)C1. The number of hydrogen-bond acceptors (Lipinski definition) is 3. The molecule has 21 heavy (non-hydrogen) atoms. The average molecular weight is 296 g/mol. The van der Waals surface area contributed by atoms with E-state index in [2.05, 4.69) is 38.0 Å². The third-order valence-corrected chi connectivity index (χ3v) is 6.11. The molecule has 0 aromatic carbocycles. The smallest absolute Gasteiger partial charge is 0.0724 e. The summed E-state index contributed by atoms with van der Waals surface area (Å²) in [5.74, 6) is 3.27. The van der Waals surface area contributed by atoms with Gasteiger partial charge >= 0.3 is 0 Å². The fourth-order valence-electron chi connectivity index (χ4n) is 4.39. The molecule has 1 saturated carbocycles. The van der Waals surface area contributed by atoms with Crippen LogP contribution in [0.3, 0.4) is 0 Å². The van der Waals surface area contributed by atoms with Crippen LogP contribution in [0.1, 0.15) is 46.5 Å². The largest absolute Gasteiger partial charge is 0.380 e. The lowest BCUT2D eigenvalue weighted by atomic mass is 9.73. The summed E-state index contributed by atoms with van der Waals surface area (Å²) in [5, 5.41) is 3.58. The topological polar surface area (TPSA) is 24.5 Å². The van der Waals surface area contributed by atoms with E-state index in [-0.39, 0.29) is 0 Å². The summed E-state index contributed by atoms with van der Waals surface area (Å²) in [4.78, 5) is 2.66. The summed E-state index contributed by atoms with van der Waals surface area (Å²) in [5.41, 5.74) is 0. The van der Waals surface area contributed by atoms with Gasteiger partial charge in [0.25, 0.3) is 0 Å². The summed E-state index contributed by atoms with van der Waals surface area (Å²) in [6.45, 7) is 10.7. The van der Waals surface area contributed by atoms with Gasteiger partial charge in [-0.2, -0.15) is 0 Å². The fraction of sp³-hybridized carbons (Fsp3) is 1.00. The molecule has 0 aromatic rings. The zero-order valence-corrected chi connectivity index (χ0v) is 14.8. The van der Waals surface area contributed by atoms with Gasteiger partial charge in [-0.15, -0.1) is 0 Å². The van der Waals surface area contributed by atoms with Crippen molar-refractivity contribution in [3.63, 3.8) is 0 Å². The summed E-state index contributed by atoms with van der Waals surface area (Å²) in [6.07, 6.45) is 5.85. The first kappa shape index (κ1) is 17.2. The first-order valence-corrected chi connectivity index (χ1v) is 8.97. The number of methoxy groups -OCH3 is 1. The standard InChI is InChI=1S/C18H36N2O/c1-13(2)15-6-7-17(19-4)16(10-15)11-20-9-8-14(3)18(12-20)21-5/h13-19H,6-12H2,1-5H3. The molecule has 5 unspecified atom stereocenters. The third kappa shape index (κ3) is 4.43. The molecule has 124 valence electrons. The molecule has 5 atom stereocenters. The van der Waals surface area contributed by atoms with E-state index in [9.17, 15) is 0 Å². The van der Waals surface area contributed by atoms with Gasteiger partial charge in [-0.25, -0.2) is 0 Å². The molecule has 0 spiro atoms. The molecule has 0 amide bonds. The highest BCUT2D eigenvalue weighted by molar-refractivity contribution is 4.88. The van der Waals surface area contributed by atoms with Gasteiger partial charge in [-0.05, 0) is 62.9 Å². The van der Waals surface area contributed by atoms with Crippen molar-refractivity contribution in [1.29, 1.82) is 0 Å². The van der Waals surface area contributed by atoms with E-state index in [1.165, 1.54) is 38.8 Å². The van der Waals surface area contributed by atoms with Crippen molar-refractivity contribution in [2.75, 3.05) is 33.8 Å². The number of rotatable bonds is 5. The molecule has 0 bridgehead atoms. The number of piperidine rings is 1. The average Bonchev–Trinajstić information content (AvgIpc) is 2.49. The minimum atomic E-state index is 0.427. The molecule has 0 radical (unpaired) electrons. The second kappa shape index (κ2) is 7.94.